The van der Waals surface area contributed by atoms with Gasteiger partial charge in [0.2, 0.25) is 5.91 Å². The number of rotatable bonds is 7. The summed E-state index contributed by atoms with van der Waals surface area (Å²) in [4.78, 5) is 18.9. The maximum Gasteiger partial charge on any atom is 0.221 e. The molecule has 0 spiro atoms. The van der Waals surface area contributed by atoms with E-state index in [0.717, 1.165) is 24.1 Å². The summed E-state index contributed by atoms with van der Waals surface area (Å²) in [6.07, 6.45) is 4.24. The van der Waals surface area contributed by atoms with Crippen molar-refractivity contribution in [1.29, 1.82) is 0 Å². The van der Waals surface area contributed by atoms with Crippen molar-refractivity contribution in [2.45, 2.75) is 26.8 Å². The Morgan fingerprint density at radius 3 is 3.10 bits per heavy atom. The molecule has 20 heavy (non-hydrogen) atoms. The maximum atomic E-state index is 11.6. The molecule has 1 amide bonds. The molecule has 0 atom stereocenters. The number of H-pyrrole nitrogens is 1. The number of carbonyl (C=O) groups is 1. The third-order valence-electron chi connectivity index (χ3n) is 3.09. The molecule has 0 aromatic carbocycles. The zero-order valence-corrected chi connectivity index (χ0v) is 12.1. The summed E-state index contributed by atoms with van der Waals surface area (Å²) < 4.78 is 0. The van der Waals surface area contributed by atoms with E-state index in [4.69, 9.17) is 0 Å². The highest BCUT2D eigenvalue weighted by Gasteiger charge is 2.04. The van der Waals surface area contributed by atoms with E-state index in [1.165, 1.54) is 5.56 Å². The first-order valence-corrected chi connectivity index (χ1v) is 7.05. The van der Waals surface area contributed by atoms with Gasteiger partial charge in [0.15, 0.2) is 0 Å². The van der Waals surface area contributed by atoms with Crippen LogP contribution in [0.4, 0.5) is 0 Å². The van der Waals surface area contributed by atoms with Gasteiger partial charge in [0.25, 0.3) is 0 Å². The van der Waals surface area contributed by atoms with E-state index >= 15 is 0 Å². The van der Waals surface area contributed by atoms with Crippen molar-refractivity contribution in [3.8, 4) is 0 Å². The predicted molar refractivity (Wildman–Crippen MR) is 80.3 cm³/mol. The molecule has 2 aromatic heterocycles. The predicted octanol–water partition coefficient (Wildman–Crippen LogP) is 1.81. The molecular formula is C15H22N4O. The molecule has 108 valence electrons. The number of aromatic amines is 1. The van der Waals surface area contributed by atoms with Gasteiger partial charge in [-0.05, 0) is 23.6 Å². The van der Waals surface area contributed by atoms with Gasteiger partial charge in [0.1, 0.15) is 5.65 Å². The van der Waals surface area contributed by atoms with Crippen molar-refractivity contribution in [2.75, 3.05) is 13.1 Å². The van der Waals surface area contributed by atoms with Gasteiger partial charge in [-0.1, -0.05) is 13.8 Å². The zero-order chi connectivity index (χ0) is 14.4. The number of hydrogen-bond acceptors (Lipinski definition) is 3. The first-order chi connectivity index (χ1) is 9.66. The fourth-order valence-corrected chi connectivity index (χ4v) is 1.99. The minimum Gasteiger partial charge on any atom is -0.356 e. The maximum absolute atomic E-state index is 11.6. The Balaban J connectivity index is 1.72. The molecular weight excluding hydrogens is 252 g/mol. The number of nitrogens with one attached hydrogen (secondary N) is 3. The standard InChI is InChI=1S/C15H22N4O/c1-11(2)8-18-14(20)5-7-16-9-12-10-19-15-13(12)4-3-6-17-15/h3-4,6,10-11,16H,5,7-9H2,1-2H3,(H,17,19)(H,18,20). The second-order valence-electron chi connectivity index (χ2n) is 5.34. The number of fused-ring (bicyclic) bond motifs is 1. The first kappa shape index (κ1) is 14.5. The number of amides is 1. The molecule has 0 aliphatic rings. The zero-order valence-electron chi connectivity index (χ0n) is 12.1. The Kier molecular flexibility index (Phi) is 5.12. The molecule has 0 aliphatic carbocycles. The second-order valence-corrected chi connectivity index (χ2v) is 5.34. The second kappa shape index (κ2) is 7.05. The van der Waals surface area contributed by atoms with Crippen LogP contribution in [-0.4, -0.2) is 29.0 Å². The summed E-state index contributed by atoms with van der Waals surface area (Å²) in [6, 6.07) is 3.98. The lowest BCUT2D eigenvalue weighted by Crippen LogP contribution is -2.30. The SMILES string of the molecule is CC(C)CNC(=O)CCNCc1c[nH]c2ncccc12. The highest BCUT2D eigenvalue weighted by Crippen LogP contribution is 2.14. The van der Waals surface area contributed by atoms with Crippen LogP contribution < -0.4 is 10.6 Å². The molecule has 0 radical (unpaired) electrons. The molecule has 0 unspecified atom stereocenters. The number of carbonyl (C=O) groups excluding carboxylic acids is 1. The summed E-state index contributed by atoms with van der Waals surface area (Å²) >= 11 is 0. The molecule has 0 saturated carbocycles. The van der Waals surface area contributed by atoms with Crippen molar-refractivity contribution >= 4 is 16.9 Å². The first-order valence-electron chi connectivity index (χ1n) is 7.05. The largest absolute Gasteiger partial charge is 0.356 e. The minimum absolute atomic E-state index is 0.104. The molecule has 0 aliphatic heterocycles. The van der Waals surface area contributed by atoms with Crippen LogP contribution in [0.15, 0.2) is 24.5 Å². The van der Waals surface area contributed by atoms with Crippen molar-refractivity contribution in [1.82, 2.24) is 20.6 Å². The van der Waals surface area contributed by atoms with Gasteiger partial charge < -0.3 is 15.6 Å². The summed E-state index contributed by atoms with van der Waals surface area (Å²) in [6.45, 7) is 6.33. The smallest absolute Gasteiger partial charge is 0.221 e. The van der Waals surface area contributed by atoms with Gasteiger partial charge in [-0.3, -0.25) is 4.79 Å². The summed E-state index contributed by atoms with van der Waals surface area (Å²) in [5.41, 5.74) is 2.08. The van der Waals surface area contributed by atoms with E-state index in [-0.39, 0.29) is 5.91 Å². The molecule has 2 rings (SSSR count). The minimum atomic E-state index is 0.104. The number of aromatic nitrogens is 2. The van der Waals surface area contributed by atoms with E-state index in [2.05, 4.69) is 34.4 Å². The van der Waals surface area contributed by atoms with Crippen LogP contribution in [-0.2, 0) is 11.3 Å². The van der Waals surface area contributed by atoms with Crippen LogP contribution >= 0.6 is 0 Å². The Labute approximate surface area is 119 Å². The highest BCUT2D eigenvalue weighted by atomic mass is 16.1. The monoisotopic (exact) mass is 274 g/mol. The molecule has 5 nitrogen and oxygen atoms in total. The van der Waals surface area contributed by atoms with Crippen molar-refractivity contribution in [2.24, 2.45) is 5.92 Å². The van der Waals surface area contributed by atoms with Crippen LogP contribution in [0.1, 0.15) is 25.8 Å². The van der Waals surface area contributed by atoms with Gasteiger partial charge in [0, 0.05) is 43.8 Å². The average molecular weight is 274 g/mol. The Bertz CT molecular complexity index is 562. The Hall–Kier alpha value is -1.88. The van der Waals surface area contributed by atoms with Crippen LogP contribution in [0.5, 0.6) is 0 Å². The topological polar surface area (TPSA) is 69.8 Å². The van der Waals surface area contributed by atoms with Gasteiger partial charge in [-0.15, -0.1) is 0 Å². The molecule has 5 heteroatoms. The highest BCUT2D eigenvalue weighted by molar-refractivity contribution is 5.79. The fraction of sp³-hybridized carbons (Fsp3) is 0.467. The number of hydrogen-bond donors (Lipinski definition) is 3. The fourth-order valence-electron chi connectivity index (χ4n) is 1.99. The van der Waals surface area contributed by atoms with E-state index in [1.807, 2.05) is 18.3 Å². The Morgan fingerprint density at radius 1 is 1.45 bits per heavy atom. The van der Waals surface area contributed by atoms with Crippen molar-refractivity contribution < 1.29 is 4.79 Å². The Morgan fingerprint density at radius 2 is 2.30 bits per heavy atom. The van der Waals surface area contributed by atoms with E-state index in [9.17, 15) is 4.79 Å². The van der Waals surface area contributed by atoms with Crippen LogP contribution in [0.3, 0.4) is 0 Å². The van der Waals surface area contributed by atoms with Crippen LogP contribution in [0.25, 0.3) is 11.0 Å². The third-order valence-corrected chi connectivity index (χ3v) is 3.09. The van der Waals surface area contributed by atoms with Crippen LogP contribution in [0.2, 0.25) is 0 Å². The van der Waals surface area contributed by atoms with E-state index < -0.39 is 0 Å². The third kappa shape index (κ3) is 4.06. The number of nitrogens with zero attached hydrogens (tertiary/aromatic N) is 1. The molecule has 0 bridgehead atoms. The van der Waals surface area contributed by atoms with E-state index in [1.54, 1.807) is 6.20 Å². The lowest BCUT2D eigenvalue weighted by atomic mass is 10.2. The van der Waals surface area contributed by atoms with Crippen LogP contribution in [0, 0.1) is 5.92 Å². The normalized spacial score (nSPS) is 11.2. The van der Waals surface area contributed by atoms with Crippen molar-refractivity contribution in [3.63, 3.8) is 0 Å². The molecule has 3 N–H and O–H groups in total. The van der Waals surface area contributed by atoms with Gasteiger partial charge in [0.05, 0.1) is 0 Å². The van der Waals surface area contributed by atoms with Gasteiger partial charge >= 0.3 is 0 Å². The molecule has 0 saturated heterocycles. The molecule has 2 heterocycles. The lowest BCUT2D eigenvalue weighted by Gasteiger charge is -2.08. The lowest BCUT2D eigenvalue weighted by molar-refractivity contribution is -0.121. The molecule has 2 aromatic rings. The summed E-state index contributed by atoms with van der Waals surface area (Å²) in [7, 11) is 0. The average Bonchev–Trinajstić information content (AvgIpc) is 2.85. The van der Waals surface area contributed by atoms with Crippen molar-refractivity contribution in [3.05, 3.63) is 30.1 Å². The number of pyridine rings is 1. The summed E-state index contributed by atoms with van der Waals surface area (Å²) in [5.74, 6) is 0.595. The van der Waals surface area contributed by atoms with Gasteiger partial charge in [-0.2, -0.15) is 0 Å². The molecule has 0 fully saturated rings. The summed E-state index contributed by atoms with van der Waals surface area (Å²) in [5, 5.41) is 7.33. The van der Waals surface area contributed by atoms with E-state index in [0.29, 0.717) is 18.9 Å². The van der Waals surface area contributed by atoms with Gasteiger partial charge in [-0.25, -0.2) is 4.98 Å². The quantitative estimate of drug-likeness (QED) is 0.674.